The second kappa shape index (κ2) is 12.3. The van der Waals surface area contributed by atoms with Crippen molar-refractivity contribution in [1.82, 2.24) is 5.32 Å². The van der Waals surface area contributed by atoms with Crippen LogP contribution in [0.4, 0.5) is 5.69 Å². The lowest BCUT2D eigenvalue weighted by Crippen LogP contribution is -2.40. The van der Waals surface area contributed by atoms with Gasteiger partial charge in [-0.3, -0.25) is 9.10 Å². The lowest BCUT2D eigenvalue weighted by Gasteiger charge is -2.24. The standard InChI is InChI=1S/C27H32N2O5S/c1-21(2)33-24-17-15-22(16-18-24)10-9-19-28-27(30)20-29(35(3,31)32)25-13-7-8-14-26(25)34-23-11-5-4-6-12-23/h4-8,11-18,21H,9-10,19-20H2,1-3H3,(H,28,30). The van der Waals surface area contributed by atoms with Gasteiger partial charge < -0.3 is 14.8 Å². The molecule has 0 spiro atoms. The third-order valence-electron chi connectivity index (χ3n) is 5.05. The van der Waals surface area contributed by atoms with Crippen LogP contribution < -0.4 is 19.1 Å². The van der Waals surface area contributed by atoms with Gasteiger partial charge in [-0.05, 0) is 68.7 Å². The van der Waals surface area contributed by atoms with E-state index in [2.05, 4.69) is 5.32 Å². The maximum atomic E-state index is 12.6. The number of sulfonamides is 1. The first kappa shape index (κ1) is 26.1. The Labute approximate surface area is 207 Å². The Bertz CT molecular complexity index is 1200. The lowest BCUT2D eigenvalue weighted by molar-refractivity contribution is -0.119. The largest absolute Gasteiger partial charge is 0.491 e. The molecule has 0 aliphatic heterocycles. The summed E-state index contributed by atoms with van der Waals surface area (Å²) in [5, 5.41) is 2.82. The van der Waals surface area contributed by atoms with E-state index in [1.807, 2.05) is 56.3 Å². The van der Waals surface area contributed by atoms with Gasteiger partial charge in [-0.25, -0.2) is 8.42 Å². The number of nitrogens with one attached hydrogen (secondary N) is 1. The Morgan fingerprint density at radius 3 is 2.23 bits per heavy atom. The highest BCUT2D eigenvalue weighted by molar-refractivity contribution is 7.92. The van der Waals surface area contributed by atoms with Gasteiger partial charge in [0.15, 0.2) is 5.75 Å². The second-order valence-electron chi connectivity index (χ2n) is 8.42. The Balaban J connectivity index is 1.58. The minimum atomic E-state index is -3.73. The molecule has 1 N–H and O–H groups in total. The molecule has 0 fully saturated rings. The SMILES string of the molecule is CC(C)Oc1ccc(CCCNC(=O)CN(c2ccccc2Oc2ccccc2)S(C)(=O)=O)cc1. The molecule has 3 aromatic carbocycles. The third-order valence-corrected chi connectivity index (χ3v) is 6.18. The third kappa shape index (κ3) is 8.33. The number of anilines is 1. The summed E-state index contributed by atoms with van der Waals surface area (Å²) in [5.74, 6) is 1.36. The fourth-order valence-electron chi connectivity index (χ4n) is 3.46. The summed E-state index contributed by atoms with van der Waals surface area (Å²) in [5.41, 5.74) is 1.44. The molecule has 35 heavy (non-hydrogen) atoms. The quantitative estimate of drug-likeness (QED) is 0.365. The zero-order valence-electron chi connectivity index (χ0n) is 20.3. The fraction of sp³-hybridized carbons (Fsp3) is 0.296. The molecule has 0 radical (unpaired) electrons. The first-order valence-electron chi connectivity index (χ1n) is 11.5. The maximum absolute atomic E-state index is 12.6. The summed E-state index contributed by atoms with van der Waals surface area (Å²) in [6.07, 6.45) is 2.71. The summed E-state index contributed by atoms with van der Waals surface area (Å²) in [6, 6.07) is 23.7. The first-order valence-corrected chi connectivity index (χ1v) is 13.4. The second-order valence-corrected chi connectivity index (χ2v) is 10.3. The number of nitrogens with zero attached hydrogens (tertiary/aromatic N) is 1. The van der Waals surface area contributed by atoms with E-state index in [9.17, 15) is 13.2 Å². The molecule has 0 heterocycles. The van der Waals surface area contributed by atoms with Crippen molar-refractivity contribution in [3.63, 3.8) is 0 Å². The molecule has 0 bridgehead atoms. The zero-order valence-corrected chi connectivity index (χ0v) is 21.1. The van der Waals surface area contributed by atoms with Crippen molar-refractivity contribution in [1.29, 1.82) is 0 Å². The molecule has 0 aliphatic rings. The minimum absolute atomic E-state index is 0.124. The Morgan fingerprint density at radius 2 is 1.57 bits per heavy atom. The van der Waals surface area contributed by atoms with Crippen molar-refractivity contribution in [2.24, 2.45) is 0 Å². The average molecular weight is 497 g/mol. The average Bonchev–Trinajstić information content (AvgIpc) is 2.81. The van der Waals surface area contributed by atoms with Crippen LogP contribution in [-0.4, -0.2) is 39.8 Å². The molecule has 186 valence electrons. The van der Waals surface area contributed by atoms with Gasteiger partial charge in [0, 0.05) is 6.54 Å². The molecule has 0 saturated carbocycles. The highest BCUT2D eigenvalue weighted by Crippen LogP contribution is 2.33. The summed E-state index contributed by atoms with van der Waals surface area (Å²) < 4.78 is 37.7. The summed E-state index contributed by atoms with van der Waals surface area (Å²) >= 11 is 0. The van der Waals surface area contributed by atoms with E-state index < -0.39 is 10.0 Å². The van der Waals surface area contributed by atoms with Crippen molar-refractivity contribution < 1.29 is 22.7 Å². The minimum Gasteiger partial charge on any atom is -0.491 e. The number of aryl methyl sites for hydroxylation is 1. The van der Waals surface area contributed by atoms with Gasteiger partial charge >= 0.3 is 0 Å². The number of para-hydroxylation sites is 3. The summed E-state index contributed by atoms with van der Waals surface area (Å²) in [4.78, 5) is 12.6. The van der Waals surface area contributed by atoms with Crippen LogP contribution >= 0.6 is 0 Å². The Morgan fingerprint density at radius 1 is 0.914 bits per heavy atom. The molecule has 8 heteroatoms. The predicted molar refractivity (Wildman–Crippen MR) is 139 cm³/mol. The van der Waals surface area contributed by atoms with Gasteiger partial charge in [-0.15, -0.1) is 0 Å². The van der Waals surface area contributed by atoms with Crippen molar-refractivity contribution in [3.05, 3.63) is 84.4 Å². The van der Waals surface area contributed by atoms with Crippen molar-refractivity contribution in [2.75, 3.05) is 23.7 Å². The smallest absolute Gasteiger partial charge is 0.240 e. The van der Waals surface area contributed by atoms with Crippen molar-refractivity contribution in [3.8, 4) is 17.2 Å². The molecule has 3 aromatic rings. The summed E-state index contributed by atoms with van der Waals surface area (Å²) in [6.45, 7) is 4.06. The van der Waals surface area contributed by atoms with E-state index in [4.69, 9.17) is 9.47 Å². The molecule has 0 saturated heterocycles. The molecule has 0 aromatic heterocycles. The van der Waals surface area contributed by atoms with Crippen molar-refractivity contribution >= 4 is 21.6 Å². The van der Waals surface area contributed by atoms with Gasteiger partial charge in [0.25, 0.3) is 0 Å². The van der Waals surface area contributed by atoms with Crippen LogP contribution in [0.3, 0.4) is 0 Å². The van der Waals surface area contributed by atoms with Crippen LogP contribution in [0.5, 0.6) is 17.2 Å². The fourth-order valence-corrected chi connectivity index (χ4v) is 4.32. The highest BCUT2D eigenvalue weighted by Gasteiger charge is 2.24. The van der Waals surface area contributed by atoms with Crippen LogP contribution in [0.1, 0.15) is 25.8 Å². The number of ether oxygens (including phenoxy) is 2. The van der Waals surface area contributed by atoms with Crippen LogP contribution in [0.2, 0.25) is 0 Å². The molecule has 7 nitrogen and oxygen atoms in total. The Kier molecular flexibility index (Phi) is 9.14. The Hall–Kier alpha value is -3.52. The van der Waals surface area contributed by atoms with Gasteiger partial charge in [0.2, 0.25) is 15.9 Å². The topological polar surface area (TPSA) is 84.9 Å². The van der Waals surface area contributed by atoms with E-state index in [0.29, 0.717) is 23.7 Å². The molecule has 3 rings (SSSR count). The number of hydrogen-bond donors (Lipinski definition) is 1. The zero-order chi connectivity index (χ0) is 25.3. The normalized spacial score (nSPS) is 11.2. The number of benzene rings is 3. The van der Waals surface area contributed by atoms with Gasteiger partial charge in [-0.1, -0.05) is 42.5 Å². The highest BCUT2D eigenvalue weighted by atomic mass is 32.2. The molecular formula is C27H32N2O5S. The molecule has 1 amide bonds. The van der Waals surface area contributed by atoms with E-state index >= 15 is 0 Å². The van der Waals surface area contributed by atoms with Gasteiger partial charge in [-0.2, -0.15) is 0 Å². The molecular weight excluding hydrogens is 464 g/mol. The van der Waals surface area contributed by atoms with E-state index in [1.54, 1.807) is 36.4 Å². The summed E-state index contributed by atoms with van der Waals surface area (Å²) in [7, 11) is -3.73. The predicted octanol–water partition coefficient (Wildman–Crippen LogP) is 4.78. The number of hydrogen-bond acceptors (Lipinski definition) is 5. The van der Waals surface area contributed by atoms with Crippen LogP contribution in [0, 0.1) is 0 Å². The van der Waals surface area contributed by atoms with Crippen molar-refractivity contribution in [2.45, 2.75) is 32.8 Å². The maximum Gasteiger partial charge on any atom is 0.240 e. The van der Waals surface area contributed by atoms with Crippen LogP contribution in [-0.2, 0) is 21.2 Å². The lowest BCUT2D eigenvalue weighted by atomic mass is 10.1. The van der Waals surface area contributed by atoms with Crippen LogP contribution in [0.15, 0.2) is 78.9 Å². The molecule has 0 aliphatic carbocycles. The van der Waals surface area contributed by atoms with E-state index in [1.165, 1.54) is 0 Å². The number of rotatable bonds is 12. The number of carbonyl (C=O) groups excluding carboxylic acids is 1. The molecule has 0 unspecified atom stereocenters. The monoisotopic (exact) mass is 496 g/mol. The van der Waals surface area contributed by atoms with E-state index in [-0.39, 0.29) is 18.6 Å². The van der Waals surface area contributed by atoms with Gasteiger partial charge in [0.05, 0.1) is 18.0 Å². The van der Waals surface area contributed by atoms with Gasteiger partial charge in [0.1, 0.15) is 18.0 Å². The number of amides is 1. The van der Waals surface area contributed by atoms with E-state index in [0.717, 1.165) is 34.7 Å². The van der Waals surface area contributed by atoms with Crippen LogP contribution in [0.25, 0.3) is 0 Å². The molecule has 0 atom stereocenters. The first-order chi connectivity index (χ1) is 16.7. The number of carbonyl (C=O) groups is 1.